The van der Waals surface area contributed by atoms with Crippen molar-refractivity contribution < 1.29 is 13.9 Å². The normalized spacial score (nSPS) is 13.0. The van der Waals surface area contributed by atoms with Crippen LogP contribution in [-0.4, -0.2) is 12.6 Å². The van der Waals surface area contributed by atoms with E-state index in [0.717, 1.165) is 0 Å². The number of rotatable bonds is 5. The first-order chi connectivity index (χ1) is 10.7. The van der Waals surface area contributed by atoms with E-state index in [4.69, 9.17) is 4.74 Å². The van der Waals surface area contributed by atoms with Crippen LogP contribution >= 0.6 is 0 Å². The molecule has 0 amide bonds. The Kier molecular flexibility index (Phi) is 5.26. The molecule has 0 saturated heterocycles. The van der Waals surface area contributed by atoms with Gasteiger partial charge in [0.05, 0.1) is 18.6 Å². The van der Waals surface area contributed by atoms with Gasteiger partial charge in [0.15, 0.2) is 0 Å². The molecule has 3 nitrogen and oxygen atoms in total. The molecule has 0 bridgehead atoms. The van der Waals surface area contributed by atoms with Crippen LogP contribution in [0.25, 0.3) is 0 Å². The number of benzene rings is 2. The minimum atomic E-state index is -0.739. The van der Waals surface area contributed by atoms with Crippen molar-refractivity contribution in [3.8, 4) is 6.07 Å². The van der Waals surface area contributed by atoms with Gasteiger partial charge in [0.1, 0.15) is 11.7 Å². The summed E-state index contributed by atoms with van der Waals surface area (Å²) in [7, 11) is 0. The van der Waals surface area contributed by atoms with E-state index >= 15 is 0 Å². The second kappa shape index (κ2) is 7.37. The third-order valence-corrected chi connectivity index (χ3v) is 3.40. The van der Waals surface area contributed by atoms with E-state index in [1.807, 2.05) is 6.07 Å². The fourth-order valence-electron chi connectivity index (χ4n) is 2.37. The van der Waals surface area contributed by atoms with Gasteiger partial charge in [-0.3, -0.25) is 4.79 Å². The zero-order chi connectivity index (χ0) is 15.9. The fraction of sp³-hybridized carbons (Fsp3) is 0.222. The highest BCUT2D eigenvalue weighted by atomic mass is 19.1. The van der Waals surface area contributed by atoms with Gasteiger partial charge in [0.2, 0.25) is 0 Å². The largest absolute Gasteiger partial charge is 0.465 e. The number of halogens is 1. The third-order valence-electron chi connectivity index (χ3n) is 3.40. The van der Waals surface area contributed by atoms with Crippen molar-refractivity contribution in [2.75, 3.05) is 6.61 Å². The zero-order valence-electron chi connectivity index (χ0n) is 12.2. The Morgan fingerprint density at radius 2 is 1.77 bits per heavy atom. The highest BCUT2D eigenvalue weighted by molar-refractivity contribution is 5.80. The Hall–Kier alpha value is -2.67. The van der Waals surface area contributed by atoms with Crippen molar-refractivity contribution in [1.82, 2.24) is 0 Å². The van der Waals surface area contributed by atoms with Crippen LogP contribution in [0.15, 0.2) is 54.6 Å². The van der Waals surface area contributed by atoms with Crippen LogP contribution < -0.4 is 0 Å². The number of esters is 1. The lowest BCUT2D eigenvalue weighted by atomic mass is 9.82. The van der Waals surface area contributed by atoms with Crippen molar-refractivity contribution >= 4 is 5.97 Å². The van der Waals surface area contributed by atoms with E-state index in [1.165, 1.54) is 24.3 Å². The first-order valence-electron chi connectivity index (χ1n) is 7.04. The molecule has 0 saturated carbocycles. The number of hydrogen-bond acceptors (Lipinski definition) is 3. The highest BCUT2D eigenvalue weighted by Crippen LogP contribution is 2.33. The Morgan fingerprint density at radius 3 is 2.32 bits per heavy atom. The Morgan fingerprint density at radius 1 is 1.14 bits per heavy atom. The number of nitriles is 1. The molecule has 0 aromatic heterocycles. The maximum atomic E-state index is 13.1. The van der Waals surface area contributed by atoms with Crippen molar-refractivity contribution in [1.29, 1.82) is 5.26 Å². The average Bonchev–Trinajstić information content (AvgIpc) is 2.54. The molecule has 2 atom stereocenters. The summed E-state index contributed by atoms with van der Waals surface area (Å²) < 4.78 is 18.2. The molecule has 0 aliphatic carbocycles. The maximum absolute atomic E-state index is 13.1. The topological polar surface area (TPSA) is 50.1 Å². The molecule has 2 unspecified atom stereocenters. The molecule has 22 heavy (non-hydrogen) atoms. The predicted molar refractivity (Wildman–Crippen MR) is 80.6 cm³/mol. The molecule has 0 N–H and O–H groups in total. The quantitative estimate of drug-likeness (QED) is 0.789. The van der Waals surface area contributed by atoms with Gasteiger partial charge in [-0.2, -0.15) is 5.26 Å². The molecule has 0 radical (unpaired) electrons. The van der Waals surface area contributed by atoms with E-state index < -0.39 is 17.8 Å². The van der Waals surface area contributed by atoms with E-state index in [0.29, 0.717) is 11.1 Å². The standard InChI is InChI=1S/C18H16FNO2/c1-2-22-18(21)17(14-6-4-3-5-7-14)16(12-20)13-8-10-15(19)11-9-13/h3-11,16-17H,2H2,1H3. The molecule has 0 aliphatic rings. The second-order valence-corrected chi connectivity index (χ2v) is 4.80. The summed E-state index contributed by atoms with van der Waals surface area (Å²) in [6.45, 7) is 1.96. The third kappa shape index (κ3) is 3.50. The van der Waals surface area contributed by atoms with Gasteiger partial charge >= 0.3 is 5.97 Å². The maximum Gasteiger partial charge on any atom is 0.315 e. The zero-order valence-corrected chi connectivity index (χ0v) is 12.2. The van der Waals surface area contributed by atoms with E-state index in [1.54, 1.807) is 31.2 Å². The molecule has 0 fully saturated rings. The van der Waals surface area contributed by atoms with Gasteiger partial charge < -0.3 is 4.74 Å². The van der Waals surface area contributed by atoms with Crippen LogP contribution in [0.3, 0.4) is 0 Å². The van der Waals surface area contributed by atoms with Crippen LogP contribution in [0.5, 0.6) is 0 Å². The molecular weight excluding hydrogens is 281 g/mol. The van der Waals surface area contributed by atoms with Gasteiger partial charge in [0, 0.05) is 0 Å². The fourth-order valence-corrected chi connectivity index (χ4v) is 2.37. The SMILES string of the molecule is CCOC(=O)C(c1ccccc1)C(C#N)c1ccc(F)cc1. The molecule has 2 rings (SSSR count). The lowest BCUT2D eigenvalue weighted by molar-refractivity contribution is -0.145. The Bertz CT molecular complexity index is 662. The van der Waals surface area contributed by atoms with Crippen LogP contribution in [0.4, 0.5) is 4.39 Å². The number of carbonyl (C=O) groups is 1. The molecule has 112 valence electrons. The summed E-state index contributed by atoms with van der Waals surface area (Å²) in [6, 6.07) is 16.8. The molecule has 4 heteroatoms. The number of hydrogen-bond donors (Lipinski definition) is 0. The summed E-state index contributed by atoms with van der Waals surface area (Å²) >= 11 is 0. The summed E-state index contributed by atoms with van der Waals surface area (Å²) in [4.78, 5) is 12.3. The van der Waals surface area contributed by atoms with Gasteiger partial charge in [-0.15, -0.1) is 0 Å². The van der Waals surface area contributed by atoms with Gasteiger partial charge in [0.25, 0.3) is 0 Å². The van der Waals surface area contributed by atoms with E-state index in [-0.39, 0.29) is 12.4 Å². The van der Waals surface area contributed by atoms with Crippen LogP contribution in [0.1, 0.15) is 29.9 Å². The predicted octanol–water partition coefficient (Wildman–Crippen LogP) is 3.78. The lowest BCUT2D eigenvalue weighted by Crippen LogP contribution is -2.22. The average molecular weight is 297 g/mol. The Balaban J connectivity index is 2.44. The van der Waals surface area contributed by atoms with Gasteiger partial charge in [-0.1, -0.05) is 42.5 Å². The van der Waals surface area contributed by atoms with Crippen molar-refractivity contribution in [2.45, 2.75) is 18.8 Å². The first kappa shape index (κ1) is 15.7. The van der Waals surface area contributed by atoms with Crippen molar-refractivity contribution in [3.63, 3.8) is 0 Å². The summed E-state index contributed by atoms with van der Waals surface area (Å²) in [5.74, 6) is -2.31. The van der Waals surface area contributed by atoms with Crippen LogP contribution in [0.2, 0.25) is 0 Å². The molecule has 2 aromatic carbocycles. The number of nitrogens with zero attached hydrogens (tertiary/aromatic N) is 1. The van der Waals surface area contributed by atoms with Crippen molar-refractivity contribution in [2.24, 2.45) is 0 Å². The molecule has 0 aliphatic heterocycles. The second-order valence-electron chi connectivity index (χ2n) is 4.80. The van der Waals surface area contributed by atoms with E-state index in [9.17, 15) is 14.4 Å². The number of carbonyl (C=O) groups excluding carboxylic acids is 1. The molecule has 0 heterocycles. The first-order valence-corrected chi connectivity index (χ1v) is 7.04. The smallest absolute Gasteiger partial charge is 0.315 e. The van der Waals surface area contributed by atoms with Gasteiger partial charge in [-0.25, -0.2) is 4.39 Å². The summed E-state index contributed by atoms with van der Waals surface area (Å²) in [6.07, 6.45) is 0. The minimum absolute atomic E-state index is 0.240. The summed E-state index contributed by atoms with van der Waals surface area (Å²) in [5.41, 5.74) is 1.29. The minimum Gasteiger partial charge on any atom is -0.465 e. The van der Waals surface area contributed by atoms with Crippen LogP contribution in [-0.2, 0) is 9.53 Å². The lowest BCUT2D eigenvalue weighted by Gasteiger charge is -2.21. The summed E-state index contributed by atoms with van der Waals surface area (Å²) in [5, 5.41) is 9.55. The van der Waals surface area contributed by atoms with Crippen molar-refractivity contribution in [3.05, 3.63) is 71.5 Å². The van der Waals surface area contributed by atoms with E-state index in [2.05, 4.69) is 6.07 Å². The number of ether oxygens (including phenoxy) is 1. The molecule has 2 aromatic rings. The van der Waals surface area contributed by atoms with Crippen LogP contribution in [0, 0.1) is 17.1 Å². The van der Waals surface area contributed by atoms with Gasteiger partial charge in [-0.05, 0) is 30.2 Å². The molecule has 0 spiro atoms. The molecular formula is C18H16FNO2. The highest BCUT2D eigenvalue weighted by Gasteiger charge is 2.32. The monoisotopic (exact) mass is 297 g/mol. The Labute approximate surface area is 129 Å².